The molecule has 1 aliphatic rings. The van der Waals surface area contributed by atoms with Crippen LogP contribution in [0.4, 0.5) is 0 Å². The molecular formula is C9H13NO3. The molecule has 0 bridgehead atoms. The van der Waals surface area contributed by atoms with E-state index in [-0.39, 0.29) is 5.97 Å². The Morgan fingerprint density at radius 2 is 2.54 bits per heavy atom. The molecule has 1 unspecified atom stereocenters. The van der Waals surface area contributed by atoms with Crippen LogP contribution in [0.25, 0.3) is 0 Å². The van der Waals surface area contributed by atoms with E-state index < -0.39 is 6.04 Å². The van der Waals surface area contributed by atoms with Crippen LogP contribution in [-0.4, -0.2) is 31.1 Å². The third-order valence-corrected chi connectivity index (χ3v) is 1.97. The van der Waals surface area contributed by atoms with Gasteiger partial charge in [0.15, 0.2) is 0 Å². The van der Waals surface area contributed by atoms with E-state index in [0.717, 1.165) is 13.0 Å². The molecule has 0 aromatic carbocycles. The number of ether oxygens (including phenoxy) is 1. The van der Waals surface area contributed by atoms with E-state index in [2.05, 4.69) is 5.32 Å². The van der Waals surface area contributed by atoms with Gasteiger partial charge in [0.2, 0.25) is 0 Å². The summed E-state index contributed by atoms with van der Waals surface area (Å²) in [6.07, 6.45) is 1.51. The van der Waals surface area contributed by atoms with E-state index in [1.165, 1.54) is 0 Å². The van der Waals surface area contributed by atoms with Crippen molar-refractivity contribution in [1.29, 1.82) is 0 Å². The van der Waals surface area contributed by atoms with Gasteiger partial charge in [0, 0.05) is 5.57 Å². The lowest BCUT2D eigenvalue weighted by molar-refractivity contribution is -0.144. The maximum absolute atomic E-state index is 11.3. The molecule has 0 aromatic rings. The highest BCUT2D eigenvalue weighted by molar-refractivity contribution is 5.83. The van der Waals surface area contributed by atoms with Gasteiger partial charge in [-0.15, -0.1) is 0 Å². The number of rotatable bonds is 2. The van der Waals surface area contributed by atoms with Crippen molar-refractivity contribution in [2.24, 2.45) is 0 Å². The molecule has 1 saturated heterocycles. The molecule has 1 rings (SSSR count). The molecule has 1 atom stereocenters. The lowest BCUT2D eigenvalue weighted by Gasteiger charge is -2.22. The summed E-state index contributed by atoms with van der Waals surface area (Å²) in [6, 6.07) is -0.564. The fourth-order valence-electron chi connectivity index (χ4n) is 1.35. The molecule has 1 fully saturated rings. The topological polar surface area (TPSA) is 55.4 Å². The zero-order valence-corrected chi connectivity index (χ0v) is 7.63. The fourth-order valence-corrected chi connectivity index (χ4v) is 1.35. The van der Waals surface area contributed by atoms with Crippen LogP contribution in [0, 0.1) is 0 Å². The number of carbonyl (C=O) groups excluding carboxylic acids is 2. The molecule has 4 nitrogen and oxygen atoms in total. The lowest BCUT2D eigenvalue weighted by Crippen LogP contribution is -2.43. The van der Waals surface area contributed by atoms with Gasteiger partial charge in [-0.3, -0.25) is 0 Å². The first-order valence-electron chi connectivity index (χ1n) is 4.43. The first-order chi connectivity index (χ1) is 6.29. The molecule has 4 heteroatoms. The van der Waals surface area contributed by atoms with Gasteiger partial charge in [-0.05, 0) is 26.3 Å². The molecule has 0 amide bonds. The summed E-state index contributed by atoms with van der Waals surface area (Å²) in [5.74, 6) is 1.42. The van der Waals surface area contributed by atoms with Crippen LogP contribution < -0.4 is 5.32 Å². The summed E-state index contributed by atoms with van der Waals surface area (Å²) in [6.45, 7) is 2.82. The van der Waals surface area contributed by atoms with Crippen molar-refractivity contribution in [2.45, 2.75) is 25.8 Å². The molecule has 1 heterocycles. The predicted octanol–water partition coefficient (Wildman–Crippen LogP) is 0.0595. The summed E-state index contributed by atoms with van der Waals surface area (Å²) >= 11 is 0. The zero-order chi connectivity index (χ0) is 9.68. The molecule has 0 radical (unpaired) electrons. The molecule has 0 saturated carbocycles. The van der Waals surface area contributed by atoms with Crippen molar-refractivity contribution < 1.29 is 14.3 Å². The van der Waals surface area contributed by atoms with Gasteiger partial charge in [-0.25, -0.2) is 9.59 Å². The van der Waals surface area contributed by atoms with Gasteiger partial charge < -0.3 is 10.1 Å². The maximum atomic E-state index is 11.3. The third-order valence-electron chi connectivity index (χ3n) is 1.97. The number of carbonyl (C=O) groups is 1. The zero-order valence-electron chi connectivity index (χ0n) is 7.63. The van der Waals surface area contributed by atoms with Crippen molar-refractivity contribution in [2.75, 3.05) is 13.2 Å². The first kappa shape index (κ1) is 9.96. The van der Waals surface area contributed by atoms with E-state index in [1.807, 2.05) is 0 Å². The van der Waals surface area contributed by atoms with E-state index in [4.69, 9.17) is 4.74 Å². The average Bonchev–Trinajstić information content (AvgIpc) is 2.18. The van der Waals surface area contributed by atoms with E-state index >= 15 is 0 Å². The van der Waals surface area contributed by atoms with Crippen molar-refractivity contribution in [1.82, 2.24) is 5.32 Å². The second-order valence-electron chi connectivity index (χ2n) is 2.87. The Hall–Kier alpha value is -1.12. The van der Waals surface area contributed by atoms with E-state index in [9.17, 15) is 9.59 Å². The van der Waals surface area contributed by atoms with Crippen molar-refractivity contribution >= 4 is 11.9 Å². The highest BCUT2D eigenvalue weighted by atomic mass is 16.5. The Bertz CT molecular complexity index is 243. The minimum Gasteiger partial charge on any atom is -0.465 e. The highest BCUT2D eigenvalue weighted by Gasteiger charge is 2.27. The van der Waals surface area contributed by atoms with Gasteiger partial charge in [-0.2, -0.15) is 0 Å². The molecule has 13 heavy (non-hydrogen) atoms. The minimum absolute atomic E-state index is 0.336. The van der Waals surface area contributed by atoms with Gasteiger partial charge >= 0.3 is 5.97 Å². The van der Waals surface area contributed by atoms with Gasteiger partial charge in [0.05, 0.1) is 6.61 Å². The Morgan fingerprint density at radius 3 is 3.15 bits per heavy atom. The van der Waals surface area contributed by atoms with Crippen LogP contribution in [0.2, 0.25) is 0 Å². The summed E-state index contributed by atoms with van der Waals surface area (Å²) in [5, 5.41) is 2.93. The van der Waals surface area contributed by atoms with E-state index in [0.29, 0.717) is 18.6 Å². The Balaban J connectivity index is 2.64. The molecule has 0 spiro atoms. The average molecular weight is 183 g/mol. The van der Waals surface area contributed by atoms with Crippen LogP contribution in [0.15, 0.2) is 5.57 Å². The standard InChI is InChI=1S/C9H13NO3/c1-2-13-9(12)8-7(6-11)4-3-5-10-8/h8,10H,2-5H2,1H3. The number of hydrogen-bond donors (Lipinski definition) is 1. The van der Waals surface area contributed by atoms with E-state index in [1.54, 1.807) is 12.9 Å². The van der Waals surface area contributed by atoms with Crippen LogP contribution in [-0.2, 0) is 14.3 Å². The van der Waals surface area contributed by atoms with Crippen molar-refractivity contribution in [3.63, 3.8) is 0 Å². The summed E-state index contributed by atoms with van der Waals surface area (Å²) < 4.78 is 4.81. The second kappa shape index (κ2) is 4.80. The Labute approximate surface area is 76.9 Å². The van der Waals surface area contributed by atoms with Crippen LogP contribution in [0.5, 0.6) is 0 Å². The summed E-state index contributed by atoms with van der Waals surface area (Å²) in [5.41, 5.74) is 0.477. The smallest absolute Gasteiger partial charge is 0.328 e. The third kappa shape index (κ3) is 2.41. The number of nitrogens with one attached hydrogen (secondary N) is 1. The Kier molecular flexibility index (Phi) is 3.68. The van der Waals surface area contributed by atoms with Crippen LogP contribution in [0.3, 0.4) is 0 Å². The first-order valence-corrected chi connectivity index (χ1v) is 4.43. The summed E-state index contributed by atoms with van der Waals surface area (Å²) in [4.78, 5) is 21.8. The second-order valence-corrected chi connectivity index (χ2v) is 2.87. The molecule has 1 N–H and O–H groups in total. The molecule has 0 aliphatic carbocycles. The van der Waals surface area contributed by atoms with Gasteiger partial charge in [0.25, 0.3) is 0 Å². The van der Waals surface area contributed by atoms with Crippen molar-refractivity contribution in [3.8, 4) is 0 Å². The molecule has 0 aromatic heterocycles. The molecule has 1 aliphatic heterocycles. The molecule has 72 valence electrons. The highest BCUT2D eigenvalue weighted by Crippen LogP contribution is 2.13. The molecular weight excluding hydrogens is 170 g/mol. The van der Waals surface area contributed by atoms with Crippen LogP contribution in [0.1, 0.15) is 19.8 Å². The van der Waals surface area contributed by atoms with Crippen molar-refractivity contribution in [3.05, 3.63) is 5.57 Å². The van der Waals surface area contributed by atoms with Crippen LogP contribution >= 0.6 is 0 Å². The van der Waals surface area contributed by atoms with Gasteiger partial charge in [0.1, 0.15) is 12.0 Å². The largest absolute Gasteiger partial charge is 0.465 e. The normalized spacial score (nSPS) is 22.2. The lowest BCUT2D eigenvalue weighted by atomic mass is 9.99. The number of esters is 1. The maximum Gasteiger partial charge on any atom is 0.328 e. The quantitative estimate of drug-likeness (QED) is 0.486. The monoisotopic (exact) mass is 183 g/mol. The SMILES string of the molecule is CCOC(=O)C1NCCCC1=C=O. The van der Waals surface area contributed by atoms with Gasteiger partial charge in [-0.1, -0.05) is 0 Å². The minimum atomic E-state index is -0.564. The number of hydrogen-bond acceptors (Lipinski definition) is 4. The predicted molar refractivity (Wildman–Crippen MR) is 46.9 cm³/mol. The Morgan fingerprint density at radius 1 is 1.77 bits per heavy atom. The fraction of sp³-hybridized carbons (Fsp3) is 0.667. The number of piperidine rings is 1. The summed E-state index contributed by atoms with van der Waals surface area (Å²) in [7, 11) is 0.